The first-order chi connectivity index (χ1) is 9.08. The van der Waals surface area contributed by atoms with Gasteiger partial charge in [-0.25, -0.2) is 9.79 Å². The number of nitrogens with zero attached hydrogens (tertiary/aromatic N) is 1. The zero-order valence-electron chi connectivity index (χ0n) is 10.8. The molecule has 5 heteroatoms. The van der Waals surface area contributed by atoms with E-state index in [0.717, 1.165) is 11.3 Å². The van der Waals surface area contributed by atoms with Gasteiger partial charge < -0.3 is 10.1 Å². The molecule has 0 radical (unpaired) electrons. The first-order valence-corrected chi connectivity index (χ1v) is 5.97. The Morgan fingerprint density at radius 3 is 2.58 bits per heavy atom. The molecule has 0 unspecified atom stereocenters. The Kier molecular flexibility index (Phi) is 3.75. The van der Waals surface area contributed by atoms with Gasteiger partial charge in [0.25, 0.3) is 0 Å². The van der Waals surface area contributed by atoms with Crippen molar-refractivity contribution >= 4 is 29.5 Å². The quantitative estimate of drug-likeness (QED) is 0.668. The van der Waals surface area contributed by atoms with E-state index in [2.05, 4.69) is 10.3 Å². The van der Waals surface area contributed by atoms with E-state index in [1.54, 1.807) is 44.2 Å². The van der Waals surface area contributed by atoms with Crippen molar-refractivity contribution in [3.05, 3.63) is 35.5 Å². The average Bonchev–Trinajstić information content (AvgIpc) is 2.70. The van der Waals surface area contributed by atoms with Crippen LogP contribution in [0.5, 0.6) is 0 Å². The number of hydrogen-bond donors (Lipinski definition) is 1. The summed E-state index contributed by atoms with van der Waals surface area (Å²) < 4.78 is 4.82. The number of aliphatic imine (C=N–C) groups is 1. The summed E-state index contributed by atoms with van der Waals surface area (Å²) in [6.45, 7) is 3.42. The fourth-order valence-electron chi connectivity index (χ4n) is 1.59. The number of rotatable bonds is 3. The van der Waals surface area contributed by atoms with E-state index in [-0.39, 0.29) is 11.6 Å². The Morgan fingerprint density at radius 2 is 2.05 bits per heavy atom. The summed E-state index contributed by atoms with van der Waals surface area (Å²) >= 11 is 0. The normalized spacial score (nSPS) is 16.2. The molecule has 1 aromatic carbocycles. The molecule has 0 aromatic heterocycles. The van der Waals surface area contributed by atoms with Gasteiger partial charge in [0, 0.05) is 19.0 Å². The number of hydrogen-bond acceptors (Lipinski definition) is 4. The number of ether oxygens (including phenoxy) is 1. The zero-order chi connectivity index (χ0) is 13.8. The Labute approximate surface area is 111 Å². The van der Waals surface area contributed by atoms with E-state index < -0.39 is 5.97 Å². The van der Waals surface area contributed by atoms with E-state index >= 15 is 0 Å². The van der Waals surface area contributed by atoms with Gasteiger partial charge in [0.05, 0.1) is 0 Å². The van der Waals surface area contributed by atoms with Gasteiger partial charge in [-0.3, -0.25) is 4.79 Å². The molecule has 1 aromatic rings. The molecule has 1 aliphatic rings. The van der Waals surface area contributed by atoms with Crippen molar-refractivity contribution in [2.24, 2.45) is 4.99 Å². The summed E-state index contributed by atoms with van der Waals surface area (Å²) in [4.78, 5) is 26.6. The number of esters is 1. The van der Waals surface area contributed by atoms with Crippen molar-refractivity contribution in [1.82, 2.24) is 0 Å². The van der Waals surface area contributed by atoms with Gasteiger partial charge in [0.1, 0.15) is 0 Å². The Balaban J connectivity index is 2.13. The van der Waals surface area contributed by atoms with Gasteiger partial charge >= 0.3 is 5.97 Å². The highest BCUT2D eigenvalue weighted by Gasteiger charge is 2.19. The molecule has 0 spiro atoms. The molecule has 2 rings (SSSR count). The molecular weight excluding hydrogens is 244 g/mol. The third-order valence-corrected chi connectivity index (χ3v) is 2.55. The molecular formula is C14H14N2O3. The lowest BCUT2D eigenvalue weighted by Crippen LogP contribution is -2.09. The van der Waals surface area contributed by atoms with Crippen LogP contribution in [0.3, 0.4) is 0 Å². The second-order valence-electron chi connectivity index (χ2n) is 4.07. The van der Waals surface area contributed by atoms with Gasteiger partial charge in [-0.05, 0) is 23.8 Å². The summed E-state index contributed by atoms with van der Waals surface area (Å²) in [5.74, 6) is -0.130. The fraction of sp³-hybridized carbons (Fsp3) is 0.214. The predicted molar refractivity (Wildman–Crippen MR) is 72.5 cm³/mol. The fourth-order valence-corrected chi connectivity index (χ4v) is 1.59. The van der Waals surface area contributed by atoms with Crippen LogP contribution < -0.4 is 5.32 Å². The van der Waals surface area contributed by atoms with Gasteiger partial charge in [0.15, 0.2) is 11.6 Å². The van der Waals surface area contributed by atoms with Gasteiger partial charge in [-0.1, -0.05) is 19.1 Å². The van der Waals surface area contributed by atoms with Crippen molar-refractivity contribution in [1.29, 1.82) is 0 Å². The predicted octanol–water partition coefficient (Wildman–Crippen LogP) is 2.35. The van der Waals surface area contributed by atoms with Crippen LogP contribution in [0.2, 0.25) is 0 Å². The van der Waals surface area contributed by atoms with E-state index in [0.29, 0.717) is 12.3 Å². The molecule has 1 aliphatic heterocycles. The second kappa shape index (κ2) is 5.48. The van der Waals surface area contributed by atoms with Gasteiger partial charge in [-0.2, -0.15) is 0 Å². The van der Waals surface area contributed by atoms with E-state index in [4.69, 9.17) is 4.74 Å². The molecule has 0 bridgehead atoms. The number of amides is 1. The SMILES string of the molecule is CCC(=O)Nc1ccc(/C=C2\N=C(C)OC2=O)cc1. The monoisotopic (exact) mass is 258 g/mol. The minimum absolute atomic E-state index is 0.0364. The summed E-state index contributed by atoms with van der Waals surface area (Å²) in [5, 5.41) is 2.75. The molecule has 0 saturated carbocycles. The van der Waals surface area contributed by atoms with Gasteiger partial charge in [-0.15, -0.1) is 0 Å². The maximum Gasteiger partial charge on any atom is 0.363 e. The molecule has 5 nitrogen and oxygen atoms in total. The molecule has 1 heterocycles. The van der Waals surface area contributed by atoms with Crippen LogP contribution in [0.25, 0.3) is 6.08 Å². The molecule has 1 N–H and O–H groups in total. The largest absolute Gasteiger partial charge is 0.407 e. The molecule has 1 amide bonds. The molecule has 0 saturated heterocycles. The lowest BCUT2D eigenvalue weighted by atomic mass is 10.1. The van der Waals surface area contributed by atoms with Crippen LogP contribution in [-0.4, -0.2) is 17.8 Å². The van der Waals surface area contributed by atoms with E-state index in [9.17, 15) is 9.59 Å². The van der Waals surface area contributed by atoms with Crippen LogP contribution in [-0.2, 0) is 14.3 Å². The standard InChI is InChI=1S/C14H14N2O3/c1-3-13(17)16-11-6-4-10(5-7-11)8-12-14(18)19-9(2)15-12/h4-8H,3H2,1-2H3,(H,16,17)/b12-8-. The topological polar surface area (TPSA) is 67.8 Å². The highest BCUT2D eigenvalue weighted by molar-refractivity contribution is 6.06. The highest BCUT2D eigenvalue weighted by atomic mass is 16.6. The van der Waals surface area contributed by atoms with Gasteiger partial charge in [0.2, 0.25) is 5.91 Å². The molecule has 0 fully saturated rings. The molecule has 19 heavy (non-hydrogen) atoms. The summed E-state index contributed by atoms with van der Waals surface area (Å²) in [7, 11) is 0. The molecule has 0 aliphatic carbocycles. The van der Waals surface area contributed by atoms with Crippen molar-refractivity contribution < 1.29 is 14.3 Å². The maximum absolute atomic E-state index is 11.4. The smallest absolute Gasteiger partial charge is 0.363 e. The van der Waals surface area contributed by atoms with Crippen molar-refractivity contribution in [2.45, 2.75) is 20.3 Å². The Morgan fingerprint density at radius 1 is 1.37 bits per heavy atom. The van der Waals surface area contributed by atoms with Crippen molar-refractivity contribution in [3.63, 3.8) is 0 Å². The third-order valence-electron chi connectivity index (χ3n) is 2.55. The average molecular weight is 258 g/mol. The van der Waals surface area contributed by atoms with E-state index in [1.165, 1.54) is 0 Å². The highest BCUT2D eigenvalue weighted by Crippen LogP contribution is 2.17. The van der Waals surface area contributed by atoms with Crippen LogP contribution in [0.15, 0.2) is 35.0 Å². The number of carbonyl (C=O) groups excluding carboxylic acids is 2. The summed E-state index contributed by atoms with van der Waals surface area (Å²) in [6, 6.07) is 7.15. The number of cyclic esters (lactones) is 1. The van der Waals surface area contributed by atoms with Crippen molar-refractivity contribution in [2.75, 3.05) is 5.32 Å². The first-order valence-electron chi connectivity index (χ1n) is 5.97. The van der Waals surface area contributed by atoms with Crippen molar-refractivity contribution in [3.8, 4) is 0 Å². The molecule has 0 atom stereocenters. The minimum Gasteiger partial charge on any atom is -0.407 e. The van der Waals surface area contributed by atoms with Crippen LogP contribution >= 0.6 is 0 Å². The minimum atomic E-state index is -0.444. The Hall–Kier alpha value is -2.43. The number of benzene rings is 1. The van der Waals surface area contributed by atoms with Crippen LogP contribution in [0, 0.1) is 0 Å². The zero-order valence-corrected chi connectivity index (χ0v) is 10.8. The lowest BCUT2D eigenvalue weighted by Gasteiger charge is -2.03. The third kappa shape index (κ3) is 3.28. The van der Waals surface area contributed by atoms with Crippen LogP contribution in [0.4, 0.5) is 5.69 Å². The second-order valence-corrected chi connectivity index (χ2v) is 4.07. The van der Waals surface area contributed by atoms with E-state index in [1.807, 2.05) is 0 Å². The first kappa shape index (κ1) is 13.0. The number of anilines is 1. The summed E-state index contributed by atoms with van der Waals surface area (Å²) in [6.07, 6.45) is 2.08. The number of carbonyl (C=O) groups is 2. The number of nitrogens with one attached hydrogen (secondary N) is 1. The Bertz CT molecular complexity index is 571. The van der Waals surface area contributed by atoms with Crippen LogP contribution in [0.1, 0.15) is 25.8 Å². The molecule has 98 valence electrons. The maximum atomic E-state index is 11.4. The summed E-state index contributed by atoms with van der Waals surface area (Å²) in [5.41, 5.74) is 1.82. The lowest BCUT2D eigenvalue weighted by molar-refractivity contribution is -0.130.